The highest BCUT2D eigenvalue weighted by atomic mass is 19.1. The highest BCUT2D eigenvalue weighted by Crippen LogP contribution is 2.22. The van der Waals surface area contributed by atoms with Crippen molar-refractivity contribution < 1.29 is 9.18 Å². The number of benzene rings is 1. The summed E-state index contributed by atoms with van der Waals surface area (Å²) in [5.74, 6) is -0.719. The van der Waals surface area contributed by atoms with E-state index in [0.717, 1.165) is 6.54 Å². The zero-order chi connectivity index (χ0) is 15.4. The van der Waals surface area contributed by atoms with Gasteiger partial charge in [0.1, 0.15) is 5.82 Å². The topological polar surface area (TPSA) is 58.4 Å². The molecule has 2 rings (SSSR count). The van der Waals surface area contributed by atoms with Gasteiger partial charge >= 0.3 is 0 Å². The lowest BCUT2D eigenvalue weighted by atomic mass is 10.1. The number of nitrogens with two attached hydrogens (primary N) is 1. The summed E-state index contributed by atoms with van der Waals surface area (Å²) in [6, 6.07) is 3.39. The second-order valence-corrected chi connectivity index (χ2v) is 5.85. The van der Waals surface area contributed by atoms with Gasteiger partial charge in [0.25, 0.3) is 5.91 Å². The van der Waals surface area contributed by atoms with Crippen molar-refractivity contribution in [3.63, 3.8) is 0 Å². The van der Waals surface area contributed by atoms with Crippen LogP contribution in [-0.4, -0.2) is 37.0 Å². The van der Waals surface area contributed by atoms with Crippen LogP contribution in [0, 0.1) is 12.7 Å². The molecular formula is C16H24FN3O. The van der Waals surface area contributed by atoms with Crippen molar-refractivity contribution in [2.75, 3.05) is 25.9 Å². The summed E-state index contributed by atoms with van der Waals surface area (Å²) in [6.07, 6.45) is 5.07. The Morgan fingerprint density at radius 1 is 1.43 bits per heavy atom. The van der Waals surface area contributed by atoms with Gasteiger partial charge in [0, 0.05) is 35.9 Å². The number of carbonyl (C=O) groups is 1. The third-order valence-corrected chi connectivity index (χ3v) is 4.34. The van der Waals surface area contributed by atoms with Crippen molar-refractivity contribution in [1.29, 1.82) is 0 Å². The third-order valence-electron chi connectivity index (χ3n) is 4.34. The number of anilines is 1. The van der Waals surface area contributed by atoms with E-state index in [1.54, 1.807) is 6.92 Å². The van der Waals surface area contributed by atoms with Crippen molar-refractivity contribution in [2.45, 2.75) is 38.6 Å². The molecule has 4 nitrogen and oxygen atoms in total. The first-order valence-electron chi connectivity index (χ1n) is 7.53. The van der Waals surface area contributed by atoms with Gasteiger partial charge in [-0.05, 0) is 38.9 Å². The van der Waals surface area contributed by atoms with Crippen LogP contribution in [0.25, 0.3) is 0 Å². The zero-order valence-corrected chi connectivity index (χ0v) is 12.8. The molecule has 21 heavy (non-hydrogen) atoms. The maximum Gasteiger partial charge on any atom is 0.251 e. The Kier molecular flexibility index (Phi) is 5.17. The fourth-order valence-electron chi connectivity index (χ4n) is 2.81. The molecule has 1 aliphatic rings. The maximum absolute atomic E-state index is 13.6. The van der Waals surface area contributed by atoms with Crippen molar-refractivity contribution in [3.05, 3.63) is 29.1 Å². The van der Waals surface area contributed by atoms with E-state index < -0.39 is 5.82 Å². The molecule has 0 radical (unpaired) electrons. The average Bonchev–Trinajstić information content (AvgIpc) is 2.98. The van der Waals surface area contributed by atoms with Crippen LogP contribution in [0.3, 0.4) is 0 Å². The Labute approximate surface area is 125 Å². The van der Waals surface area contributed by atoms with E-state index in [2.05, 4.69) is 17.3 Å². The monoisotopic (exact) mass is 293 g/mol. The first-order valence-corrected chi connectivity index (χ1v) is 7.53. The smallest absolute Gasteiger partial charge is 0.251 e. The fourth-order valence-corrected chi connectivity index (χ4v) is 2.81. The first kappa shape index (κ1) is 15.8. The molecule has 0 heterocycles. The minimum Gasteiger partial charge on any atom is -0.398 e. The fraction of sp³-hybridized carbons (Fsp3) is 0.562. The molecule has 0 atom stereocenters. The largest absolute Gasteiger partial charge is 0.398 e. The van der Waals surface area contributed by atoms with Gasteiger partial charge in [-0.1, -0.05) is 12.8 Å². The van der Waals surface area contributed by atoms with E-state index in [1.807, 2.05) is 0 Å². The van der Waals surface area contributed by atoms with Crippen molar-refractivity contribution >= 4 is 11.6 Å². The van der Waals surface area contributed by atoms with Crippen LogP contribution in [0.15, 0.2) is 12.1 Å². The van der Waals surface area contributed by atoms with Crippen LogP contribution in [0.5, 0.6) is 0 Å². The number of nitrogens with one attached hydrogen (secondary N) is 1. The molecule has 0 saturated heterocycles. The van der Waals surface area contributed by atoms with Gasteiger partial charge in [-0.15, -0.1) is 0 Å². The number of nitrogen functional groups attached to an aromatic ring is 1. The molecule has 1 aliphatic carbocycles. The quantitative estimate of drug-likeness (QED) is 0.819. The van der Waals surface area contributed by atoms with Crippen molar-refractivity contribution in [2.24, 2.45) is 0 Å². The van der Waals surface area contributed by atoms with Crippen LogP contribution in [-0.2, 0) is 0 Å². The molecule has 0 spiro atoms. The predicted octanol–water partition coefficient (Wildman–Crippen LogP) is 2.32. The Bertz CT molecular complexity index is 489. The van der Waals surface area contributed by atoms with Gasteiger partial charge in [0.15, 0.2) is 0 Å². The molecule has 0 aliphatic heterocycles. The highest BCUT2D eigenvalue weighted by Gasteiger charge is 2.19. The molecule has 1 amide bonds. The van der Waals surface area contributed by atoms with Crippen molar-refractivity contribution in [1.82, 2.24) is 10.2 Å². The van der Waals surface area contributed by atoms with Crippen LogP contribution in [0.4, 0.5) is 10.1 Å². The number of hydrogen-bond donors (Lipinski definition) is 2. The number of likely N-dealkylation sites (N-methyl/N-ethyl adjacent to an activating group) is 1. The molecule has 0 aromatic heterocycles. The van der Waals surface area contributed by atoms with E-state index >= 15 is 0 Å². The summed E-state index contributed by atoms with van der Waals surface area (Å²) >= 11 is 0. The SMILES string of the molecule is Cc1c(N)cc(C(=O)NCCN(C)C2CCCC2)cc1F. The van der Waals surface area contributed by atoms with Crippen molar-refractivity contribution in [3.8, 4) is 0 Å². The first-order chi connectivity index (χ1) is 9.99. The number of amides is 1. The number of hydrogen-bond acceptors (Lipinski definition) is 3. The number of rotatable bonds is 5. The summed E-state index contributed by atoms with van der Waals surface area (Å²) < 4.78 is 13.6. The van der Waals surface area contributed by atoms with Gasteiger partial charge in [-0.3, -0.25) is 4.79 Å². The van der Waals surface area contributed by atoms with E-state index in [0.29, 0.717) is 23.8 Å². The lowest BCUT2D eigenvalue weighted by molar-refractivity contribution is 0.0946. The van der Waals surface area contributed by atoms with Crippen LogP contribution < -0.4 is 11.1 Å². The Balaban J connectivity index is 1.84. The van der Waals surface area contributed by atoms with Gasteiger partial charge in [0.2, 0.25) is 0 Å². The van der Waals surface area contributed by atoms with E-state index in [1.165, 1.54) is 37.8 Å². The van der Waals surface area contributed by atoms with Crippen LogP contribution >= 0.6 is 0 Å². The average molecular weight is 293 g/mol. The minimum atomic E-state index is -0.441. The van der Waals surface area contributed by atoms with Crippen LogP contribution in [0.2, 0.25) is 0 Å². The summed E-state index contributed by atoms with van der Waals surface area (Å²) in [6.45, 7) is 2.96. The summed E-state index contributed by atoms with van der Waals surface area (Å²) in [5.41, 5.74) is 6.66. The van der Waals surface area contributed by atoms with Gasteiger partial charge in [-0.25, -0.2) is 4.39 Å². The molecule has 1 aromatic rings. The third kappa shape index (κ3) is 3.94. The summed E-state index contributed by atoms with van der Waals surface area (Å²) in [4.78, 5) is 14.3. The van der Waals surface area contributed by atoms with E-state index in [-0.39, 0.29) is 11.5 Å². The summed E-state index contributed by atoms with van der Waals surface area (Å²) in [7, 11) is 2.09. The number of halogens is 1. The lowest BCUT2D eigenvalue weighted by Crippen LogP contribution is -2.37. The molecule has 3 N–H and O–H groups in total. The zero-order valence-electron chi connectivity index (χ0n) is 12.8. The molecule has 1 saturated carbocycles. The molecule has 0 unspecified atom stereocenters. The van der Waals surface area contributed by atoms with E-state index in [4.69, 9.17) is 5.73 Å². The minimum absolute atomic E-state index is 0.277. The lowest BCUT2D eigenvalue weighted by Gasteiger charge is -2.23. The molecular weight excluding hydrogens is 269 g/mol. The Morgan fingerprint density at radius 2 is 2.10 bits per heavy atom. The molecule has 1 aromatic carbocycles. The van der Waals surface area contributed by atoms with Crippen LogP contribution in [0.1, 0.15) is 41.6 Å². The van der Waals surface area contributed by atoms with Gasteiger partial charge in [-0.2, -0.15) is 0 Å². The number of nitrogens with zero attached hydrogens (tertiary/aromatic N) is 1. The second-order valence-electron chi connectivity index (χ2n) is 5.85. The standard InChI is InChI=1S/C16H24FN3O/c1-11-14(17)9-12(10-15(11)18)16(21)19-7-8-20(2)13-5-3-4-6-13/h9-10,13H,3-8,18H2,1-2H3,(H,19,21). The van der Waals surface area contributed by atoms with Gasteiger partial charge in [0.05, 0.1) is 0 Å². The summed E-state index contributed by atoms with van der Waals surface area (Å²) in [5, 5.41) is 2.82. The second kappa shape index (κ2) is 6.89. The normalized spacial score (nSPS) is 15.6. The predicted molar refractivity (Wildman–Crippen MR) is 82.8 cm³/mol. The number of carbonyl (C=O) groups excluding carboxylic acids is 1. The van der Waals surface area contributed by atoms with E-state index in [9.17, 15) is 9.18 Å². The Hall–Kier alpha value is -1.62. The molecule has 1 fully saturated rings. The Morgan fingerprint density at radius 3 is 2.71 bits per heavy atom. The molecule has 116 valence electrons. The highest BCUT2D eigenvalue weighted by molar-refractivity contribution is 5.95. The maximum atomic E-state index is 13.6. The molecule has 0 bridgehead atoms. The van der Waals surface area contributed by atoms with Gasteiger partial charge < -0.3 is 16.0 Å². The molecule has 5 heteroatoms.